The predicted octanol–water partition coefficient (Wildman–Crippen LogP) is 5.48. The Bertz CT molecular complexity index is 389. The molecular formula is C10H6Cl3F3. The van der Waals surface area contributed by atoms with Crippen LogP contribution in [0.4, 0.5) is 13.2 Å². The number of allylic oxidation sites excluding steroid dienone is 1. The van der Waals surface area contributed by atoms with E-state index in [2.05, 4.69) is 6.58 Å². The fourth-order valence-electron chi connectivity index (χ4n) is 1.21. The van der Waals surface area contributed by atoms with E-state index in [1.165, 1.54) is 0 Å². The second-order valence-electron chi connectivity index (χ2n) is 3.05. The first-order valence-corrected chi connectivity index (χ1v) is 5.24. The lowest BCUT2D eigenvalue weighted by Crippen LogP contribution is -2.18. The Hall–Kier alpha value is -0.380. The lowest BCUT2D eigenvalue weighted by atomic mass is 9.99. The van der Waals surface area contributed by atoms with Crippen LogP contribution in [-0.4, -0.2) is 6.18 Å². The zero-order chi connectivity index (χ0) is 12.5. The van der Waals surface area contributed by atoms with Crippen molar-refractivity contribution in [2.75, 3.05) is 0 Å². The fraction of sp³-hybridized carbons (Fsp3) is 0.200. The van der Waals surface area contributed by atoms with Gasteiger partial charge in [0.15, 0.2) is 0 Å². The summed E-state index contributed by atoms with van der Waals surface area (Å²) in [5.41, 5.74) is -0.0816. The number of rotatable bonds is 2. The van der Waals surface area contributed by atoms with E-state index in [-0.39, 0.29) is 20.6 Å². The van der Waals surface area contributed by atoms with Crippen LogP contribution < -0.4 is 0 Å². The minimum absolute atomic E-state index is 0.0136. The third kappa shape index (κ3) is 2.84. The minimum atomic E-state index is -4.43. The molecular weight excluding hydrogens is 283 g/mol. The molecule has 0 fully saturated rings. The van der Waals surface area contributed by atoms with Crippen LogP contribution >= 0.6 is 34.8 Å². The molecule has 0 aliphatic carbocycles. The van der Waals surface area contributed by atoms with Gasteiger partial charge < -0.3 is 0 Å². The minimum Gasteiger partial charge on any atom is -0.170 e. The van der Waals surface area contributed by atoms with Crippen LogP contribution in [0.25, 0.3) is 0 Å². The van der Waals surface area contributed by atoms with Gasteiger partial charge in [0, 0.05) is 0 Å². The quantitative estimate of drug-likeness (QED) is 0.499. The van der Waals surface area contributed by atoms with E-state index >= 15 is 0 Å². The van der Waals surface area contributed by atoms with E-state index in [4.69, 9.17) is 34.8 Å². The molecule has 0 heterocycles. The third-order valence-electron chi connectivity index (χ3n) is 1.95. The lowest BCUT2D eigenvalue weighted by Gasteiger charge is -2.17. The molecule has 88 valence electrons. The number of alkyl halides is 3. The van der Waals surface area contributed by atoms with Crippen molar-refractivity contribution in [3.8, 4) is 0 Å². The smallest absolute Gasteiger partial charge is 0.170 e. The number of hydrogen-bond donors (Lipinski definition) is 0. The summed E-state index contributed by atoms with van der Waals surface area (Å²) >= 11 is 16.9. The van der Waals surface area contributed by atoms with Crippen molar-refractivity contribution >= 4 is 34.8 Å². The Morgan fingerprint density at radius 1 is 1.12 bits per heavy atom. The van der Waals surface area contributed by atoms with E-state index in [1.54, 1.807) is 0 Å². The first kappa shape index (κ1) is 13.7. The maximum atomic E-state index is 12.6. The molecule has 0 spiro atoms. The van der Waals surface area contributed by atoms with E-state index in [9.17, 15) is 13.2 Å². The lowest BCUT2D eigenvalue weighted by molar-refractivity contribution is -0.139. The molecule has 1 aromatic carbocycles. The topological polar surface area (TPSA) is 0 Å². The molecule has 0 nitrogen and oxygen atoms in total. The Labute approximate surface area is 106 Å². The maximum absolute atomic E-state index is 12.6. The summed E-state index contributed by atoms with van der Waals surface area (Å²) < 4.78 is 37.7. The Morgan fingerprint density at radius 3 is 1.88 bits per heavy atom. The fourth-order valence-corrected chi connectivity index (χ4v) is 1.83. The van der Waals surface area contributed by atoms with Crippen LogP contribution in [0.2, 0.25) is 15.1 Å². The predicted molar refractivity (Wildman–Crippen MR) is 60.5 cm³/mol. The summed E-state index contributed by atoms with van der Waals surface area (Å²) in [5.74, 6) is -1.81. The summed E-state index contributed by atoms with van der Waals surface area (Å²) in [5, 5.41) is 0.0117. The van der Waals surface area contributed by atoms with Gasteiger partial charge in [-0.2, -0.15) is 13.2 Å². The summed E-state index contributed by atoms with van der Waals surface area (Å²) in [4.78, 5) is 0. The standard InChI is InChI=1S/C10H6Cl3F3/c1-2-6(10(14,15)16)5-3-7(11)9(13)8(12)4-5/h2-4,6H,1H2. The molecule has 0 saturated heterocycles. The van der Waals surface area contributed by atoms with Crippen molar-refractivity contribution in [1.29, 1.82) is 0 Å². The summed E-state index contributed by atoms with van der Waals surface area (Å²) in [6.07, 6.45) is -3.64. The van der Waals surface area contributed by atoms with Crippen LogP contribution in [0.1, 0.15) is 11.5 Å². The Morgan fingerprint density at radius 2 is 1.56 bits per heavy atom. The van der Waals surface area contributed by atoms with Crippen LogP contribution in [0, 0.1) is 0 Å². The van der Waals surface area contributed by atoms with Gasteiger partial charge in [-0.3, -0.25) is 0 Å². The van der Waals surface area contributed by atoms with Gasteiger partial charge in [-0.15, -0.1) is 6.58 Å². The van der Waals surface area contributed by atoms with Gasteiger partial charge in [0.05, 0.1) is 21.0 Å². The zero-order valence-electron chi connectivity index (χ0n) is 7.78. The average Bonchev–Trinajstić information content (AvgIpc) is 2.12. The van der Waals surface area contributed by atoms with E-state index < -0.39 is 12.1 Å². The Kier molecular flexibility index (Phi) is 4.16. The van der Waals surface area contributed by atoms with Gasteiger partial charge >= 0.3 is 6.18 Å². The number of halogens is 6. The van der Waals surface area contributed by atoms with Crippen molar-refractivity contribution in [1.82, 2.24) is 0 Å². The molecule has 16 heavy (non-hydrogen) atoms. The van der Waals surface area contributed by atoms with Crippen LogP contribution in [0.3, 0.4) is 0 Å². The zero-order valence-corrected chi connectivity index (χ0v) is 10.1. The highest BCUT2D eigenvalue weighted by molar-refractivity contribution is 6.48. The molecule has 1 unspecified atom stereocenters. The monoisotopic (exact) mass is 288 g/mol. The SMILES string of the molecule is C=CC(c1cc(Cl)c(Cl)c(Cl)c1)C(F)(F)F. The molecule has 0 radical (unpaired) electrons. The highest BCUT2D eigenvalue weighted by Gasteiger charge is 2.38. The second-order valence-corrected chi connectivity index (χ2v) is 4.25. The molecule has 1 atom stereocenters. The molecule has 0 aliphatic rings. The molecule has 0 aromatic heterocycles. The molecule has 0 N–H and O–H groups in total. The summed E-state index contributed by atoms with van der Waals surface area (Å²) in [6.45, 7) is 3.15. The largest absolute Gasteiger partial charge is 0.399 e. The summed E-state index contributed by atoms with van der Waals surface area (Å²) in [6, 6.07) is 2.27. The van der Waals surface area contributed by atoms with Crippen molar-refractivity contribution in [2.45, 2.75) is 12.1 Å². The molecule has 0 aliphatic heterocycles. The molecule has 0 amide bonds. The van der Waals surface area contributed by atoms with E-state index in [0.717, 1.165) is 18.2 Å². The van der Waals surface area contributed by atoms with E-state index in [0.29, 0.717) is 0 Å². The van der Waals surface area contributed by atoms with Gasteiger partial charge in [0.2, 0.25) is 0 Å². The number of hydrogen-bond acceptors (Lipinski definition) is 0. The first-order chi connectivity index (χ1) is 7.27. The number of benzene rings is 1. The Balaban J connectivity index is 3.28. The van der Waals surface area contributed by atoms with Crippen molar-refractivity contribution < 1.29 is 13.2 Å². The highest BCUT2D eigenvalue weighted by atomic mass is 35.5. The first-order valence-electron chi connectivity index (χ1n) is 4.11. The molecule has 1 aromatic rings. The van der Waals surface area contributed by atoms with Crippen molar-refractivity contribution in [2.24, 2.45) is 0 Å². The van der Waals surface area contributed by atoms with Gasteiger partial charge in [-0.05, 0) is 17.7 Å². The molecule has 6 heteroatoms. The highest BCUT2D eigenvalue weighted by Crippen LogP contribution is 2.40. The van der Waals surface area contributed by atoms with Gasteiger partial charge in [-0.1, -0.05) is 40.9 Å². The van der Waals surface area contributed by atoms with Gasteiger partial charge in [0.1, 0.15) is 0 Å². The second kappa shape index (κ2) is 4.86. The van der Waals surface area contributed by atoms with Crippen LogP contribution in [0.5, 0.6) is 0 Å². The van der Waals surface area contributed by atoms with Gasteiger partial charge in [-0.25, -0.2) is 0 Å². The van der Waals surface area contributed by atoms with Crippen molar-refractivity contribution in [3.05, 3.63) is 45.4 Å². The van der Waals surface area contributed by atoms with Crippen LogP contribution in [-0.2, 0) is 0 Å². The third-order valence-corrected chi connectivity index (χ3v) is 3.15. The normalized spacial score (nSPS) is 13.6. The van der Waals surface area contributed by atoms with Crippen molar-refractivity contribution in [3.63, 3.8) is 0 Å². The molecule has 0 saturated carbocycles. The molecule has 0 bridgehead atoms. The summed E-state index contributed by atoms with van der Waals surface area (Å²) in [7, 11) is 0. The van der Waals surface area contributed by atoms with Crippen LogP contribution in [0.15, 0.2) is 24.8 Å². The average molecular weight is 290 g/mol. The van der Waals surface area contributed by atoms with Gasteiger partial charge in [0.25, 0.3) is 0 Å². The maximum Gasteiger partial charge on any atom is 0.399 e. The van der Waals surface area contributed by atoms with E-state index in [1.807, 2.05) is 0 Å². The molecule has 1 rings (SSSR count).